The predicted molar refractivity (Wildman–Crippen MR) is 77.2 cm³/mol. The molecule has 2 N–H and O–H groups in total. The molecule has 0 bridgehead atoms. The Labute approximate surface area is 113 Å². The minimum absolute atomic E-state index is 0.0458. The van der Waals surface area contributed by atoms with Crippen LogP contribution in [-0.2, 0) is 13.0 Å². The second kappa shape index (κ2) is 6.81. The van der Waals surface area contributed by atoms with Crippen LogP contribution in [0, 0.1) is 0 Å². The predicted octanol–water partition coefficient (Wildman–Crippen LogP) is 1.82. The highest BCUT2D eigenvalue weighted by Gasteiger charge is 2.11. The lowest BCUT2D eigenvalue weighted by Gasteiger charge is -2.17. The molecule has 1 aromatic carbocycles. The van der Waals surface area contributed by atoms with E-state index in [4.69, 9.17) is 0 Å². The van der Waals surface area contributed by atoms with Gasteiger partial charge in [0.1, 0.15) is 0 Å². The molecule has 1 aliphatic rings. The molecule has 0 fully saturated rings. The van der Waals surface area contributed by atoms with Crippen LogP contribution < -0.4 is 10.6 Å². The van der Waals surface area contributed by atoms with Crippen LogP contribution in [0.2, 0.25) is 0 Å². The molecule has 98 valence electrons. The van der Waals surface area contributed by atoms with E-state index >= 15 is 0 Å². The minimum atomic E-state index is 0.0458. The monoisotopic (exact) mass is 264 g/mol. The van der Waals surface area contributed by atoms with Crippen LogP contribution in [-0.4, -0.2) is 31.0 Å². The first-order valence-electron chi connectivity index (χ1n) is 6.41. The molecule has 3 nitrogen and oxygen atoms in total. The van der Waals surface area contributed by atoms with Gasteiger partial charge in [-0.3, -0.25) is 4.79 Å². The smallest absolute Gasteiger partial charge is 0.251 e. The van der Waals surface area contributed by atoms with Gasteiger partial charge in [-0.1, -0.05) is 6.07 Å². The molecule has 1 heterocycles. The molecule has 2 rings (SSSR count). The van der Waals surface area contributed by atoms with Gasteiger partial charge in [0.25, 0.3) is 5.91 Å². The summed E-state index contributed by atoms with van der Waals surface area (Å²) in [7, 11) is 0. The molecule has 0 aliphatic carbocycles. The lowest BCUT2D eigenvalue weighted by Crippen LogP contribution is -2.27. The van der Waals surface area contributed by atoms with Gasteiger partial charge in [0, 0.05) is 18.7 Å². The molecule has 18 heavy (non-hydrogen) atoms. The lowest BCUT2D eigenvalue weighted by atomic mass is 9.98. The van der Waals surface area contributed by atoms with Gasteiger partial charge in [0.2, 0.25) is 0 Å². The summed E-state index contributed by atoms with van der Waals surface area (Å²) in [5, 5.41) is 6.30. The maximum absolute atomic E-state index is 12.0. The molecule has 0 spiro atoms. The number of rotatable bonds is 5. The number of carbonyl (C=O) groups is 1. The maximum atomic E-state index is 12.0. The number of fused-ring (bicyclic) bond motifs is 1. The third-order valence-electron chi connectivity index (χ3n) is 3.17. The van der Waals surface area contributed by atoms with Gasteiger partial charge in [-0.25, -0.2) is 0 Å². The van der Waals surface area contributed by atoms with Crippen molar-refractivity contribution in [3.63, 3.8) is 0 Å². The molecule has 0 unspecified atom stereocenters. The van der Waals surface area contributed by atoms with Crippen LogP contribution in [0.25, 0.3) is 0 Å². The SMILES string of the molecule is CSCCCNC(=O)c1ccc2c(c1)CNCC2. The number of thioether (sulfide) groups is 1. The fraction of sp³-hybridized carbons (Fsp3) is 0.500. The molecule has 0 atom stereocenters. The molecule has 0 saturated carbocycles. The summed E-state index contributed by atoms with van der Waals surface area (Å²) in [6.07, 6.45) is 4.17. The van der Waals surface area contributed by atoms with Crippen molar-refractivity contribution in [1.82, 2.24) is 10.6 Å². The summed E-state index contributed by atoms with van der Waals surface area (Å²) in [6, 6.07) is 6.05. The molecular formula is C14H20N2OS. The highest BCUT2D eigenvalue weighted by Crippen LogP contribution is 2.15. The normalized spacial score (nSPS) is 14.1. The largest absolute Gasteiger partial charge is 0.352 e. The van der Waals surface area contributed by atoms with E-state index in [1.54, 1.807) is 0 Å². The summed E-state index contributed by atoms with van der Waals surface area (Å²) in [6.45, 7) is 2.67. The Morgan fingerprint density at radius 1 is 1.44 bits per heavy atom. The number of hydrogen-bond donors (Lipinski definition) is 2. The average Bonchev–Trinajstić information content (AvgIpc) is 2.43. The molecule has 1 amide bonds. The van der Waals surface area contributed by atoms with Gasteiger partial charge in [-0.05, 0) is 54.7 Å². The van der Waals surface area contributed by atoms with E-state index in [9.17, 15) is 4.79 Å². The van der Waals surface area contributed by atoms with Crippen LogP contribution in [0.1, 0.15) is 27.9 Å². The van der Waals surface area contributed by atoms with E-state index in [1.807, 2.05) is 23.9 Å². The third kappa shape index (κ3) is 3.50. The first-order valence-corrected chi connectivity index (χ1v) is 7.80. The van der Waals surface area contributed by atoms with Gasteiger partial charge in [0.15, 0.2) is 0 Å². The van der Waals surface area contributed by atoms with E-state index < -0.39 is 0 Å². The standard InChI is InChI=1S/C14H20N2OS/c1-18-8-2-6-16-14(17)12-4-3-11-5-7-15-10-13(11)9-12/h3-4,9,15H,2,5-8,10H2,1H3,(H,16,17). The van der Waals surface area contributed by atoms with Crippen LogP contribution in [0.3, 0.4) is 0 Å². The Bertz CT molecular complexity index is 420. The zero-order chi connectivity index (χ0) is 12.8. The van der Waals surface area contributed by atoms with Gasteiger partial charge < -0.3 is 10.6 Å². The second-order valence-electron chi connectivity index (χ2n) is 4.51. The molecular weight excluding hydrogens is 244 g/mol. The highest BCUT2D eigenvalue weighted by atomic mass is 32.2. The Morgan fingerprint density at radius 2 is 2.33 bits per heavy atom. The third-order valence-corrected chi connectivity index (χ3v) is 3.86. The number of nitrogens with one attached hydrogen (secondary N) is 2. The Kier molecular flexibility index (Phi) is 5.08. The molecule has 1 aromatic rings. The first kappa shape index (κ1) is 13.4. The van der Waals surface area contributed by atoms with E-state index in [-0.39, 0.29) is 5.91 Å². The summed E-state index contributed by atoms with van der Waals surface area (Å²) < 4.78 is 0. The molecule has 1 aliphatic heterocycles. The van der Waals surface area contributed by atoms with Crippen molar-refractivity contribution in [3.8, 4) is 0 Å². The lowest BCUT2D eigenvalue weighted by molar-refractivity contribution is 0.0953. The molecule has 0 saturated heterocycles. The van der Waals surface area contributed by atoms with Crippen molar-refractivity contribution in [1.29, 1.82) is 0 Å². The van der Waals surface area contributed by atoms with Crippen LogP contribution >= 0.6 is 11.8 Å². The highest BCUT2D eigenvalue weighted by molar-refractivity contribution is 7.98. The van der Waals surface area contributed by atoms with Crippen molar-refractivity contribution in [3.05, 3.63) is 34.9 Å². The van der Waals surface area contributed by atoms with Crippen molar-refractivity contribution >= 4 is 17.7 Å². The number of carbonyl (C=O) groups excluding carboxylic acids is 1. The second-order valence-corrected chi connectivity index (χ2v) is 5.50. The summed E-state index contributed by atoms with van der Waals surface area (Å²) in [5.74, 6) is 1.14. The van der Waals surface area contributed by atoms with Crippen LogP contribution in [0.15, 0.2) is 18.2 Å². The topological polar surface area (TPSA) is 41.1 Å². The summed E-state index contributed by atoms with van der Waals surface area (Å²) in [4.78, 5) is 12.0. The van der Waals surface area contributed by atoms with Gasteiger partial charge >= 0.3 is 0 Å². The van der Waals surface area contributed by atoms with Gasteiger partial charge in [0.05, 0.1) is 0 Å². The number of benzene rings is 1. The van der Waals surface area contributed by atoms with E-state index in [1.165, 1.54) is 11.1 Å². The molecule has 0 radical (unpaired) electrons. The van der Waals surface area contributed by atoms with Crippen molar-refractivity contribution in [2.24, 2.45) is 0 Å². The zero-order valence-corrected chi connectivity index (χ0v) is 11.6. The van der Waals surface area contributed by atoms with Crippen LogP contribution in [0.4, 0.5) is 0 Å². The van der Waals surface area contributed by atoms with Gasteiger partial charge in [-0.15, -0.1) is 0 Å². The Balaban J connectivity index is 1.94. The Hall–Kier alpha value is -1.00. The summed E-state index contributed by atoms with van der Waals surface area (Å²) >= 11 is 1.81. The molecule has 4 heteroatoms. The van der Waals surface area contributed by atoms with Crippen LogP contribution in [0.5, 0.6) is 0 Å². The van der Waals surface area contributed by atoms with Gasteiger partial charge in [-0.2, -0.15) is 11.8 Å². The van der Waals surface area contributed by atoms with Crippen molar-refractivity contribution in [2.75, 3.05) is 25.1 Å². The average molecular weight is 264 g/mol. The van der Waals surface area contributed by atoms with Crippen molar-refractivity contribution < 1.29 is 4.79 Å². The summed E-state index contributed by atoms with van der Waals surface area (Å²) in [5.41, 5.74) is 3.41. The van der Waals surface area contributed by atoms with E-state index in [0.29, 0.717) is 0 Å². The van der Waals surface area contributed by atoms with Crippen molar-refractivity contribution in [2.45, 2.75) is 19.4 Å². The van der Waals surface area contributed by atoms with E-state index in [2.05, 4.69) is 23.0 Å². The Morgan fingerprint density at radius 3 is 3.17 bits per heavy atom. The minimum Gasteiger partial charge on any atom is -0.352 e. The fourth-order valence-electron chi connectivity index (χ4n) is 2.14. The van der Waals surface area contributed by atoms with E-state index in [0.717, 1.165) is 43.8 Å². The molecule has 0 aromatic heterocycles. The quantitative estimate of drug-likeness (QED) is 0.797. The first-order chi connectivity index (χ1) is 8.81. The number of amides is 1. The maximum Gasteiger partial charge on any atom is 0.251 e. The fourth-order valence-corrected chi connectivity index (χ4v) is 2.58. The zero-order valence-electron chi connectivity index (χ0n) is 10.8. The number of hydrogen-bond acceptors (Lipinski definition) is 3.